The highest BCUT2D eigenvalue weighted by Crippen LogP contribution is 2.34. The van der Waals surface area contributed by atoms with Gasteiger partial charge in [-0.1, -0.05) is 23.8 Å². The van der Waals surface area contributed by atoms with E-state index in [0.717, 1.165) is 25.3 Å². The predicted molar refractivity (Wildman–Crippen MR) is 88.7 cm³/mol. The molecule has 0 radical (unpaired) electrons. The standard InChI is InChI=1S/C18H23F3N2O/c19-18(20,21)15-8-4-5-9-16(15)22-13-11-17(24)23-12-10-14-6-2-1-3-7-14/h4-6,8-9,22H,1-3,7,10-13H2,(H,23,24). The van der Waals surface area contributed by atoms with Crippen molar-refractivity contribution >= 4 is 11.6 Å². The van der Waals surface area contributed by atoms with Crippen molar-refractivity contribution in [2.24, 2.45) is 0 Å². The van der Waals surface area contributed by atoms with Gasteiger partial charge < -0.3 is 10.6 Å². The molecule has 0 spiro atoms. The Morgan fingerprint density at radius 2 is 1.92 bits per heavy atom. The van der Waals surface area contributed by atoms with Gasteiger partial charge in [0.15, 0.2) is 0 Å². The van der Waals surface area contributed by atoms with Crippen LogP contribution in [0.4, 0.5) is 18.9 Å². The van der Waals surface area contributed by atoms with Crippen molar-refractivity contribution in [3.8, 4) is 0 Å². The Balaban J connectivity index is 1.70. The number of carbonyl (C=O) groups is 1. The van der Waals surface area contributed by atoms with Gasteiger partial charge in [-0.3, -0.25) is 4.79 Å². The minimum atomic E-state index is -4.40. The van der Waals surface area contributed by atoms with E-state index in [4.69, 9.17) is 0 Å². The quantitative estimate of drug-likeness (QED) is 0.717. The Labute approximate surface area is 140 Å². The molecule has 132 valence electrons. The number of amides is 1. The molecule has 0 saturated carbocycles. The molecule has 0 saturated heterocycles. The van der Waals surface area contributed by atoms with Crippen LogP contribution < -0.4 is 10.6 Å². The van der Waals surface area contributed by atoms with Crippen LogP contribution >= 0.6 is 0 Å². The first-order valence-electron chi connectivity index (χ1n) is 8.31. The van der Waals surface area contributed by atoms with Gasteiger partial charge in [-0.15, -0.1) is 0 Å². The number of rotatable bonds is 7. The molecular formula is C18H23F3N2O. The highest BCUT2D eigenvalue weighted by molar-refractivity contribution is 5.76. The minimum absolute atomic E-state index is 0.00478. The molecule has 1 aromatic rings. The zero-order valence-electron chi connectivity index (χ0n) is 13.6. The van der Waals surface area contributed by atoms with Crippen LogP contribution in [-0.2, 0) is 11.0 Å². The van der Waals surface area contributed by atoms with Crippen LogP contribution in [0.15, 0.2) is 35.9 Å². The van der Waals surface area contributed by atoms with Gasteiger partial charge in [-0.2, -0.15) is 13.2 Å². The van der Waals surface area contributed by atoms with Gasteiger partial charge >= 0.3 is 6.18 Å². The molecule has 0 heterocycles. The van der Waals surface area contributed by atoms with E-state index in [-0.39, 0.29) is 24.6 Å². The summed E-state index contributed by atoms with van der Waals surface area (Å²) in [6.07, 6.45) is 3.51. The van der Waals surface area contributed by atoms with Crippen LogP contribution in [0.2, 0.25) is 0 Å². The summed E-state index contributed by atoms with van der Waals surface area (Å²) in [6.45, 7) is 0.755. The third-order valence-electron chi connectivity index (χ3n) is 4.05. The lowest BCUT2D eigenvalue weighted by Gasteiger charge is -2.15. The second kappa shape index (κ2) is 8.76. The largest absolute Gasteiger partial charge is 0.418 e. The van der Waals surface area contributed by atoms with Gasteiger partial charge in [0, 0.05) is 25.2 Å². The minimum Gasteiger partial charge on any atom is -0.384 e. The van der Waals surface area contributed by atoms with Crippen molar-refractivity contribution in [1.29, 1.82) is 0 Å². The summed E-state index contributed by atoms with van der Waals surface area (Å²) in [5.41, 5.74) is 0.679. The molecule has 2 N–H and O–H groups in total. The average molecular weight is 340 g/mol. The second-order valence-electron chi connectivity index (χ2n) is 5.93. The number of benzene rings is 1. The maximum atomic E-state index is 12.9. The Morgan fingerprint density at radius 1 is 1.12 bits per heavy atom. The first-order valence-corrected chi connectivity index (χ1v) is 8.31. The fraction of sp³-hybridized carbons (Fsp3) is 0.500. The molecule has 0 aromatic heterocycles. The first-order chi connectivity index (χ1) is 11.5. The molecule has 0 atom stereocenters. The van der Waals surface area contributed by atoms with Crippen molar-refractivity contribution in [1.82, 2.24) is 5.32 Å². The average Bonchev–Trinajstić information content (AvgIpc) is 2.55. The highest BCUT2D eigenvalue weighted by atomic mass is 19.4. The lowest BCUT2D eigenvalue weighted by atomic mass is 9.97. The molecule has 1 aliphatic carbocycles. The zero-order chi connectivity index (χ0) is 17.4. The van der Waals surface area contributed by atoms with Crippen molar-refractivity contribution in [3.05, 3.63) is 41.5 Å². The fourth-order valence-corrected chi connectivity index (χ4v) is 2.78. The fourth-order valence-electron chi connectivity index (χ4n) is 2.78. The molecule has 0 unspecified atom stereocenters. The van der Waals surface area contributed by atoms with E-state index in [9.17, 15) is 18.0 Å². The molecule has 1 amide bonds. The third kappa shape index (κ3) is 5.91. The van der Waals surface area contributed by atoms with E-state index in [0.29, 0.717) is 6.54 Å². The lowest BCUT2D eigenvalue weighted by Crippen LogP contribution is -2.27. The molecule has 3 nitrogen and oxygen atoms in total. The molecule has 0 aliphatic heterocycles. The van der Waals surface area contributed by atoms with Crippen LogP contribution in [0.5, 0.6) is 0 Å². The number of allylic oxidation sites excluding steroid dienone is 1. The molecule has 0 fully saturated rings. The molecule has 1 aliphatic rings. The van der Waals surface area contributed by atoms with Gasteiger partial charge in [-0.05, 0) is 44.2 Å². The summed E-state index contributed by atoms with van der Waals surface area (Å²) in [7, 11) is 0. The third-order valence-corrected chi connectivity index (χ3v) is 4.05. The molecule has 1 aromatic carbocycles. The number of halogens is 3. The Kier molecular flexibility index (Phi) is 6.70. The maximum Gasteiger partial charge on any atom is 0.418 e. The number of hydrogen-bond acceptors (Lipinski definition) is 2. The van der Waals surface area contributed by atoms with Gasteiger partial charge in [0.2, 0.25) is 5.91 Å². The van der Waals surface area contributed by atoms with E-state index < -0.39 is 11.7 Å². The molecule has 6 heteroatoms. The normalized spacial score (nSPS) is 14.9. The highest BCUT2D eigenvalue weighted by Gasteiger charge is 2.32. The van der Waals surface area contributed by atoms with E-state index in [1.165, 1.54) is 36.6 Å². The van der Waals surface area contributed by atoms with E-state index in [1.54, 1.807) is 0 Å². The van der Waals surface area contributed by atoms with Gasteiger partial charge in [0.05, 0.1) is 5.56 Å². The van der Waals surface area contributed by atoms with Crippen molar-refractivity contribution < 1.29 is 18.0 Å². The maximum absolute atomic E-state index is 12.9. The molecule has 2 rings (SSSR count). The summed E-state index contributed by atoms with van der Waals surface area (Å²) in [5, 5.41) is 5.52. The van der Waals surface area contributed by atoms with E-state index in [2.05, 4.69) is 16.7 Å². The summed E-state index contributed by atoms with van der Waals surface area (Å²) >= 11 is 0. The SMILES string of the molecule is O=C(CCNc1ccccc1C(F)(F)F)NCCC1=CCCCC1. The van der Waals surface area contributed by atoms with E-state index in [1.807, 2.05) is 0 Å². The van der Waals surface area contributed by atoms with Gasteiger partial charge in [0.1, 0.15) is 0 Å². The lowest BCUT2D eigenvalue weighted by molar-refractivity contribution is -0.137. The summed E-state index contributed by atoms with van der Waals surface area (Å²) in [4.78, 5) is 11.8. The molecular weight excluding hydrogens is 317 g/mol. The topological polar surface area (TPSA) is 41.1 Å². The number of alkyl halides is 3. The van der Waals surface area contributed by atoms with Crippen molar-refractivity contribution in [2.75, 3.05) is 18.4 Å². The Hall–Kier alpha value is -1.98. The monoisotopic (exact) mass is 340 g/mol. The number of nitrogens with one attached hydrogen (secondary N) is 2. The van der Waals surface area contributed by atoms with E-state index >= 15 is 0 Å². The number of hydrogen-bond donors (Lipinski definition) is 2. The van der Waals surface area contributed by atoms with Crippen LogP contribution in [0, 0.1) is 0 Å². The number of para-hydroxylation sites is 1. The van der Waals surface area contributed by atoms with Gasteiger partial charge in [0.25, 0.3) is 0 Å². The van der Waals surface area contributed by atoms with Crippen LogP contribution in [0.25, 0.3) is 0 Å². The second-order valence-corrected chi connectivity index (χ2v) is 5.93. The van der Waals surface area contributed by atoms with Gasteiger partial charge in [-0.25, -0.2) is 0 Å². The van der Waals surface area contributed by atoms with Crippen molar-refractivity contribution in [2.45, 2.75) is 44.7 Å². The molecule has 0 bridgehead atoms. The summed E-state index contributed by atoms with van der Waals surface area (Å²) < 4.78 is 38.6. The Bertz CT molecular complexity index is 582. The number of anilines is 1. The van der Waals surface area contributed by atoms with Crippen LogP contribution in [-0.4, -0.2) is 19.0 Å². The Morgan fingerprint density at radius 3 is 2.62 bits per heavy atom. The first kappa shape index (κ1) is 18.4. The van der Waals surface area contributed by atoms with Crippen LogP contribution in [0.3, 0.4) is 0 Å². The predicted octanol–water partition coefficient (Wildman–Crippen LogP) is 4.51. The van der Waals surface area contributed by atoms with Crippen LogP contribution in [0.1, 0.15) is 44.1 Å². The summed E-state index contributed by atoms with van der Waals surface area (Å²) in [5.74, 6) is -0.150. The van der Waals surface area contributed by atoms with Crippen molar-refractivity contribution in [3.63, 3.8) is 0 Å². The smallest absolute Gasteiger partial charge is 0.384 e. The molecule has 24 heavy (non-hydrogen) atoms. The zero-order valence-corrected chi connectivity index (χ0v) is 13.6. The number of carbonyl (C=O) groups excluding carboxylic acids is 1. The summed E-state index contributed by atoms with van der Waals surface area (Å²) in [6, 6.07) is 5.28.